The molecule has 0 saturated heterocycles. The molecule has 0 amide bonds. The summed E-state index contributed by atoms with van der Waals surface area (Å²) >= 11 is 0. The van der Waals surface area contributed by atoms with Gasteiger partial charge in [-0.25, -0.2) is 0 Å². The number of rotatable bonds is 5. The van der Waals surface area contributed by atoms with Crippen LogP contribution in [0.5, 0.6) is 0 Å². The van der Waals surface area contributed by atoms with Gasteiger partial charge in [0.2, 0.25) is 0 Å². The van der Waals surface area contributed by atoms with Crippen LogP contribution >= 0.6 is 0 Å². The molecule has 0 fully saturated rings. The Kier molecular flexibility index (Phi) is 8.70. The highest BCUT2D eigenvalue weighted by molar-refractivity contribution is 5.72. The number of methoxy groups -OCH3 is 1. The van der Waals surface area contributed by atoms with E-state index in [1.807, 2.05) is 24.3 Å². The van der Waals surface area contributed by atoms with Crippen molar-refractivity contribution >= 4 is 18.2 Å². The molecule has 104 valence electrons. The molecule has 0 radical (unpaired) electrons. The fourth-order valence-electron chi connectivity index (χ4n) is 1.29. The van der Waals surface area contributed by atoms with E-state index in [1.165, 1.54) is 7.11 Å². The van der Waals surface area contributed by atoms with Gasteiger partial charge < -0.3 is 14.6 Å². The number of hydrogen-bond donors (Lipinski definition) is 1. The van der Waals surface area contributed by atoms with Crippen molar-refractivity contribution in [3.05, 3.63) is 35.4 Å². The number of hydrogen-bond acceptors (Lipinski definition) is 4. The fourth-order valence-corrected chi connectivity index (χ4v) is 1.29. The summed E-state index contributed by atoms with van der Waals surface area (Å²) in [6.45, 7) is 1.08. The van der Waals surface area contributed by atoms with Gasteiger partial charge in [-0.2, -0.15) is 0 Å². The molecule has 19 heavy (non-hydrogen) atoms. The van der Waals surface area contributed by atoms with Crippen LogP contribution in [0.4, 0.5) is 0 Å². The molecular weight excluding hydrogens is 248 g/mol. The van der Waals surface area contributed by atoms with Crippen LogP contribution in [0, 0.1) is 0 Å². The van der Waals surface area contributed by atoms with E-state index in [-0.39, 0.29) is 5.97 Å². The summed E-state index contributed by atoms with van der Waals surface area (Å²) in [4.78, 5) is 30.1. The van der Waals surface area contributed by atoms with E-state index in [4.69, 9.17) is 9.90 Å². The molecule has 0 aliphatic rings. The number of aldehydes is 1. The molecule has 0 unspecified atom stereocenters. The number of aliphatic carboxylic acids is 1. The maximum atomic E-state index is 11.0. The Hall–Kier alpha value is -2.17. The summed E-state index contributed by atoms with van der Waals surface area (Å²) in [7, 11) is 1.38. The molecular formula is C14H18O5. The highest BCUT2D eigenvalue weighted by Crippen LogP contribution is 2.07. The van der Waals surface area contributed by atoms with Crippen LogP contribution in [0.1, 0.15) is 24.5 Å². The third-order valence-corrected chi connectivity index (χ3v) is 2.15. The average molecular weight is 266 g/mol. The van der Waals surface area contributed by atoms with Crippen LogP contribution in [0.15, 0.2) is 24.3 Å². The van der Waals surface area contributed by atoms with Crippen molar-refractivity contribution in [1.82, 2.24) is 0 Å². The maximum Gasteiger partial charge on any atom is 0.309 e. The van der Waals surface area contributed by atoms with Gasteiger partial charge in [-0.15, -0.1) is 0 Å². The summed E-state index contributed by atoms with van der Waals surface area (Å²) in [6, 6.07) is 7.64. The predicted octanol–water partition coefficient (Wildman–Crippen LogP) is 1.62. The van der Waals surface area contributed by atoms with E-state index in [2.05, 4.69) is 4.74 Å². The van der Waals surface area contributed by atoms with Crippen LogP contribution in [0.25, 0.3) is 0 Å². The molecule has 0 aliphatic carbocycles. The minimum absolute atomic E-state index is 0.240. The molecule has 0 spiro atoms. The highest BCUT2D eigenvalue weighted by Gasteiger charge is 2.02. The molecule has 0 saturated carbocycles. The molecule has 0 heterocycles. The van der Waals surface area contributed by atoms with Crippen molar-refractivity contribution in [3.63, 3.8) is 0 Å². The lowest BCUT2D eigenvalue weighted by Crippen LogP contribution is -2.04. The molecule has 1 aromatic carbocycles. The predicted molar refractivity (Wildman–Crippen MR) is 69.9 cm³/mol. The third-order valence-electron chi connectivity index (χ3n) is 2.15. The van der Waals surface area contributed by atoms with Crippen molar-refractivity contribution in [1.29, 1.82) is 0 Å². The Balaban J connectivity index is 0.000000711. The molecule has 5 nitrogen and oxygen atoms in total. The molecule has 0 aliphatic heterocycles. The second kappa shape index (κ2) is 9.82. The molecule has 0 atom stereocenters. The second-order valence-electron chi connectivity index (χ2n) is 3.79. The highest BCUT2D eigenvalue weighted by atomic mass is 16.5. The summed E-state index contributed by atoms with van der Waals surface area (Å²) in [6.07, 6.45) is 2.49. The monoisotopic (exact) mass is 266 g/mol. The normalized spacial score (nSPS) is 8.95. The Morgan fingerprint density at radius 1 is 1.21 bits per heavy atom. The number of carbonyl (C=O) groups excluding carboxylic acids is 2. The molecule has 1 rings (SSSR count). The molecule has 1 N–H and O–H groups in total. The number of ether oxygens (including phenoxy) is 1. The number of carboxylic acid groups (broad SMARTS) is 1. The Morgan fingerprint density at radius 3 is 2.11 bits per heavy atom. The second-order valence-corrected chi connectivity index (χ2v) is 3.79. The van der Waals surface area contributed by atoms with Gasteiger partial charge in [0.15, 0.2) is 0 Å². The van der Waals surface area contributed by atoms with Gasteiger partial charge in [-0.05, 0) is 17.5 Å². The van der Waals surface area contributed by atoms with Crippen molar-refractivity contribution in [2.75, 3.05) is 7.11 Å². The lowest BCUT2D eigenvalue weighted by Gasteiger charge is -2.01. The van der Waals surface area contributed by atoms with Gasteiger partial charge in [0.25, 0.3) is 5.97 Å². The van der Waals surface area contributed by atoms with E-state index in [0.717, 1.165) is 30.8 Å². The number of esters is 1. The lowest BCUT2D eigenvalue weighted by molar-refractivity contribution is -0.139. The number of benzene rings is 1. The lowest BCUT2D eigenvalue weighted by atomic mass is 10.1. The smallest absolute Gasteiger partial charge is 0.309 e. The molecule has 0 aromatic heterocycles. The van der Waals surface area contributed by atoms with Crippen LogP contribution in [-0.4, -0.2) is 30.4 Å². The largest absolute Gasteiger partial charge is 0.481 e. The quantitative estimate of drug-likeness (QED) is 0.647. The fraction of sp³-hybridized carbons (Fsp3) is 0.357. The van der Waals surface area contributed by atoms with Crippen molar-refractivity contribution in [2.45, 2.75) is 26.2 Å². The van der Waals surface area contributed by atoms with E-state index >= 15 is 0 Å². The van der Waals surface area contributed by atoms with Gasteiger partial charge in [0, 0.05) is 13.3 Å². The van der Waals surface area contributed by atoms with Crippen LogP contribution in [0.2, 0.25) is 0 Å². The zero-order chi connectivity index (χ0) is 14.7. The van der Waals surface area contributed by atoms with Gasteiger partial charge in [0.05, 0.1) is 13.5 Å². The SMILES string of the molecule is CC(=O)O.COC(=O)Cc1ccc(CCC=O)cc1. The van der Waals surface area contributed by atoms with Crippen LogP contribution in [0.3, 0.4) is 0 Å². The zero-order valence-corrected chi connectivity index (χ0v) is 11.1. The van der Waals surface area contributed by atoms with Gasteiger partial charge in [0.1, 0.15) is 6.29 Å². The van der Waals surface area contributed by atoms with Gasteiger partial charge in [-0.1, -0.05) is 24.3 Å². The van der Waals surface area contributed by atoms with Crippen molar-refractivity contribution in [2.24, 2.45) is 0 Å². The van der Waals surface area contributed by atoms with E-state index in [9.17, 15) is 9.59 Å². The summed E-state index contributed by atoms with van der Waals surface area (Å²) < 4.78 is 4.56. The number of aryl methyl sites for hydroxylation is 1. The number of carboxylic acids is 1. The first-order valence-electron chi connectivity index (χ1n) is 5.77. The van der Waals surface area contributed by atoms with Crippen molar-refractivity contribution in [3.8, 4) is 0 Å². The third kappa shape index (κ3) is 9.52. The average Bonchev–Trinajstić information content (AvgIpc) is 2.37. The van der Waals surface area contributed by atoms with Crippen molar-refractivity contribution < 1.29 is 24.2 Å². The maximum absolute atomic E-state index is 11.0. The first-order valence-corrected chi connectivity index (χ1v) is 5.77. The molecule has 0 bridgehead atoms. The molecule has 1 aromatic rings. The molecule has 5 heteroatoms. The zero-order valence-electron chi connectivity index (χ0n) is 11.1. The van der Waals surface area contributed by atoms with Crippen LogP contribution < -0.4 is 0 Å². The van der Waals surface area contributed by atoms with E-state index in [1.54, 1.807) is 0 Å². The Bertz CT molecular complexity index is 404. The minimum atomic E-state index is -0.833. The first kappa shape index (κ1) is 16.8. The Labute approximate surface area is 112 Å². The standard InChI is InChI=1S/C12H14O3.C2H4O2/c1-15-12(14)9-11-6-4-10(5-7-11)3-2-8-13;1-2(3)4/h4-8H,2-3,9H2,1H3;1H3,(H,3,4). The van der Waals surface area contributed by atoms with E-state index < -0.39 is 5.97 Å². The van der Waals surface area contributed by atoms with Crippen LogP contribution in [-0.2, 0) is 32.0 Å². The topological polar surface area (TPSA) is 80.7 Å². The summed E-state index contributed by atoms with van der Waals surface area (Å²) in [5, 5.41) is 7.42. The van der Waals surface area contributed by atoms with Gasteiger partial charge in [-0.3, -0.25) is 9.59 Å². The van der Waals surface area contributed by atoms with Gasteiger partial charge >= 0.3 is 5.97 Å². The number of carbonyl (C=O) groups is 3. The first-order chi connectivity index (χ1) is 8.99. The minimum Gasteiger partial charge on any atom is -0.481 e. The summed E-state index contributed by atoms with van der Waals surface area (Å²) in [5.41, 5.74) is 2.03. The van der Waals surface area contributed by atoms with E-state index in [0.29, 0.717) is 12.8 Å². The summed E-state index contributed by atoms with van der Waals surface area (Å²) in [5.74, 6) is -1.07. The Morgan fingerprint density at radius 2 is 1.68 bits per heavy atom.